The highest BCUT2D eigenvalue weighted by Crippen LogP contribution is 2.24. The van der Waals surface area contributed by atoms with E-state index in [-0.39, 0.29) is 5.91 Å². The van der Waals surface area contributed by atoms with Crippen molar-refractivity contribution >= 4 is 34.4 Å². The molecule has 1 heterocycles. The monoisotopic (exact) mass is 287 g/mol. The van der Waals surface area contributed by atoms with Crippen molar-refractivity contribution in [3.63, 3.8) is 0 Å². The molecule has 102 valence electrons. The number of carbonyl (C=O) groups excluding carboxylic acids is 1. The van der Waals surface area contributed by atoms with Crippen LogP contribution < -0.4 is 0 Å². The fourth-order valence-corrected chi connectivity index (χ4v) is 3.48. The van der Waals surface area contributed by atoms with E-state index in [0.717, 1.165) is 10.8 Å². The summed E-state index contributed by atoms with van der Waals surface area (Å²) in [6.07, 6.45) is 0. The van der Waals surface area contributed by atoms with Crippen LogP contribution in [-0.4, -0.2) is 39.6 Å². The molecule has 0 radical (unpaired) electrons. The Morgan fingerprint density at radius 2 is 1.90 bits per heavy atom. The van der Waals surface area contributed by atoms with Crippen LogP contribution in [0.25, 0.3) is 10.8 Å². The predicted octanol–water partition coefficient (Wildman–Crippen LogP) is 2.44. The van der Waals surface area contributed by atoms with Gasteiger partial charge in [0, 0.05) is 11.3 Å². The lowest BCUT2D eigenvalue weighted by molar-refractivity contribution is -0.140. The second-order valence-corrected chi connectivity index (χ2v) is 5.69. The van der Waals surface area contributed by atoms with Crippen molar-refractivity contribution in [3.8, 4) is 0 Å². The lowest BCUT2D eigenvalue weighted by Crippen LogP contribution is -2.41. The molecule has 2 aromatic carbocycles. The van der Waals surface area contributed by atoms with E-state index in [9.17, 15) is 9.59 Å². The highest BCUT2D eigenvalue weighted by molar-refractivity contribution is 7.99. The molecule has 20 heavy (non-hydrogen) atoms. The van der Waals surface area contributed by atoms with Crippen LogP contribution in [0.1, 0.15) is 10.4 Å². The van der Waals surface area contributed by atoms with E-state index in [2.05, 4.69) is 0 Å². The molecule has 0 aliphatic carbocycles. The molecule has 0 bridgehead atoms. The van der Waals surface area contributed by atoms with Gasteiger partial charge in [-0.1, -0.05) is 30.3 Å². The van der Waals surface area contributed by atoms with Gasteiger partial charge in [-0.15, -0.1) is 11.8 Å². The molecule has 1 atom stereocenters. The van der Waals surface area contributed by atoms with Gasteiger partial charge in [-0.05, 0) is 22.9 Å². The summed E-state index contributed by atoms with van der Waals surface area (Å²) in [6.45, 7) is 0. The number of rotatable bonds is 2. The van der Waals surface area contributed by atoms with Crippen LogP contribution in [0.2, 0.25) is 0 Å². The molecule has 0 aromatic heterocycles. The van der Waals surface area contributed by atoms with Crippen LogP contribution in [0.4, 0.5) is 0 Å². The summed E-state index contributed by atoms with van der Waals surface area (Å²) >= 11 is 1.47. The van der Waals surface area contributed by atoms with Crippen LogP contribution in [-0.2, 0) is 4.79 Å². The summed E-state index contributed by atoms with van der Waals surface area (Å²) in [5.74, 6) is -0.269. The van der Waals surface area contributed by atoms with Crippen molar-refractivity contribution in [1.29, 1.82) is 0 Å². The zero-order chi connectivity index (χ0) is 14.1. The summed E-state index contributed by atoms with van der Waals surface area (Å²) in [6, 6.07) is 12.5. The van der Waals surface area contributed by atoms with Gasteiger partial charge in [0.1, 0.15) is 6.04 Å². The van der Waals surface area contributed by atoms with Crippen LogP contribution >= 0.6 is 11.8 Å². The van der Waals surface area contributed by atoms with Gasteiger partial charge in [0.05, 0.1) is 5.88 Å². The van der Waals surface area contributed by atoms with E-state index >= 15 is 0 Å². The van der Waals surface area contributed by atoms with Gasteiger partial charge in [0.15, 0.2) is 0 Å². The molecule has 1 saturated heterocycles. The molecule has 1 N–H and O–H groups in total. The molecule has 3 rings (SSSR count). The first-order valence-electron chi connectivity index (χ1n) is 6.27. The van der Waals surface area contributed by atoms with Crippen molar-refractivity contribution in [1.82, 2.24) is 4.90 Å². The Balaban J connectivity index is 1.94. The third kappa shape index (κ3) is 2.25. The molecule has 1 aliphatic rings. The Kier molecular flexibility index (Phi) is 3.36. The predicted molar refractivity (Wildman–Crippen MR) is 78.9 cm³/mol. The molecule has 1 aliphatic heterocycles. The minimum absolute atomic E-state index is 0.215. The summed E-state index contributed by atoms with van der Waals surface area (Å²) in [4.78, 5) is 25.0. The molecule has 0 unspecified atom stereocenters. The lowest BCUT2D eigenvalue weighted by atomic mass is 10.1. The smallest absolute Gasteiger partial charge is 0.327 e. The topological polar surface area (TPSA) is 57.6 Å². The van der Waals surface area contributed by atoms with Crippen molar-refractivity contribution in [2.24, 2.45) is 0 Å². The largest absolute Gasteiger partial charge is 0.480 e. The van der Waals surface area contributed by atoms with Crippen LogP contribution in [0, 0.1) is 0 Å². The number of thioether (sulfide) groups is 1. The highest BCUT2D eigenvalue weighted by atomic mass is 32.2. The SMILES string of the molecule is O=C(O)[C@@H]1CSCN1C(=O)c1ccc2ccccc2c1. The summed E-state index contributed by atoms with van der Waals surface area (Å²) in [7, 11) is 0. The van der Waals surface area contributed by atoms with Crippen molar-refractivity contribution < 1.29 is 14.7 Å². The van der Waals surface area contributed by atoms with Gasteiger partial charge in [-0.25, -0.2) is 4.79 Å². The zero-order valence-corrected chi connectivity index (χ0v) is 11.5. The third-order valence-electron chi connectivity index (χ3n) is 3.42. The Morgan fingerprint density at radius 1 is 1.15 bits per heavy atom. The van der Waals surface area contributed by atoms with Gasteiger partial charge in [-0.2, -0.15) is 0 Å². The number of hydrogen-bond donors (Lipinski definition) is 1. The second kappa shape index (κ2) is 5.17. The average Bonchev–Trinajstić information content (AvgIpc) is 2.95. The molecule has 5 heteroatoms. The molecular formula is C15H13NO3S. The van der Waals surface area contributed by atoms with Crippen LogP contribution in [0.3, 0.4) is 0 Å². The number of benzene rings is 2. The van der Waals surface area contributed by atoms with E-state index in [1.807, 2.05) is 36.4 Å². The van der Waals surface area contributed by atoms with Crippen molar-refractivity contribution in [2.45, 2.75) is 6.04 Å². The quantitative estimate of drug-likeness (QED) is 0.921. The van der Waals surface area contributed by atoms with Crippen molar-refractivity contribution in [3.05, 3.63) is 48.0 Å². The first-order chi connectivity index (χ1) is 9.66. The number of carbonyl (C=O) groups is 2. The molecular weight excluding hydrogens is 274 g/mol. The molecule has 4 nitrogen and oxygen atoms in total. The third-order valence-corrected chi connectivity index (χ3v) is 4.44. The fraction of sp³-hybridized carbons (Fsp3) is 0.200. The molecule has 1 fully saturated rings. The maximum Gasteiger partial charge on any atom is 0.327 e. The van der Waals surface area contributed by atoms with Crippen molar-refractivity contribution in [2.75, 3.05) is 11.6 Å². The maximum atomic E-state index is 12.5. The Hall–Kier alpha value is -2.01. The maximum absolute atomic E-state index is 12.5. The highest BCUT2D eigenvalue weighted by Gasteiger charge is 2.34. The van der Waals surface area contributed by atoms with Crippen LogP contribution in [0.15, 0.2) is 42.5 Å². The van der Waals surface area contributed by atoms with E-state index < -0.39 is 12.0 Å². The van der Waals surface area contributed by atoms with Gasteiger partial charge in [-0.3, -0.25) is 4.79 Å². The number of carboxylic acid groups (broad SMARTS) is 1. The fourth-order valence-electron chi connectivity index (χ4n) is 2.34. The minimum atomic E-state index is -0.941. The number of nitrogens with zero attached hydrogens (tertiary/aromatic N) is 1. The average molecular weight is 287 g/mol. The molecule has 0 saturated carbocycles. The second-order valence-electron chi connectivity index (χ2n) is 4.69. The van der Waals surface area contributed by atoms with E-state index in [1.165, 1.54) is 16.7 Å². The standard InChI is InChI=1S/C15H13NO3S/c17-14(16-9-20-8-13(16)15(18)19)12-6-5-10-3-1-2-4-11(10)7-12/h1-7,13H,8-9H2,(H,18,19)/t13-/m0/s1. The lowest BCUT2D eigenvalue weighted by Gasteiger charge is -2.20. The Labute approximate surface area is 120 Å². The molecule has 0 spiro atoms. The van der Waals surface area contributed by atoms with E-state index in [0.29, 0.717) is 17.2 Å². The normalized spacial score (nSPS) is 18.4. The van der Waals surface area contributed by atoms with Crippen LogP contribution in [0.5, 0.6) is 0 Å². The van der Waals surface area contributed by atoms with E-state index in [4.69, 9.17) is 5.11 Å². The number of hydrogen-bond acceptors (Lipinski definition) is 3. The number of carboxylic acids is 1. The van der Waals surface area contributed by atoms with Gasteiger partial charge in [0.25, 0.3) is 5.91 Å². The number of amides is 1. The van der Waals surface area contributed by atoms with Gasteiger partial charge < -0.3 is 10.0 Å². The molecule has 1 amide bonds. The minimum Gasteiger partial charge on any atom is -0.480 e. The first kappa shape index (κ1) is 13.0. The summed E-state index contributed by atoms with van der Waals surface area (Å²) in [5.41, 5.74) is 0.539. The van der Waals surface area contributed by atoms with Gasteiger partial charge in [0.2, 0.25) is 0 Å². The van der Waals surface area contributed by atoms with Gasteiger partial charge >= 0.3 is 5.97 Å². The zero-order valence-electron chi connectivity index (χ0n) is 10.7. The summed E-state index contributed by atoms with van der Waals surface area (Å²) < 4.78 is 0. The Morgan fingerprint density at radius 3 is 2.65 bits per heavy atom. The summed E-state index contributed by atoms with van der Waals surface area (Å²) in [5, 5.41) is 11.2. The molecule has 2 aromatic rings. The number of aliphatic carboxylic acids is 1. The van der Waals surface area contributed by atoms with E-state index in [1.54, 1.807) is 6.07 Å². The Bertz CT molecular complexity index is 686. The first-order valence-corrected chi connectivity index (χ1v) is 7.42. The number of fused-ring (bicyclic) bond motifs is 1.